The maximum Gasteiger partial charge on any atom is 0.143 e. The summed E-state index contributed by atoms with van der Waals surface area (Å²) in [5, 5.41) is 2.36. The molecule has 0 radical (unpaired) electrons. The molecule has 1 aromatic heterocycles. The average Bonchev–Trinajstić information content (AvgIpc) is 3.26. The number of rotatable bonds is 4. The van der Waals surface area contributed by atoms with Crippen molar-refractivity contribution >= 4 is 27.6 Å². The van der Waals surface area contributed by atoms with Crippen molar-refractivity contribution in [3.8, 4) is 11.1 Å². The molecule has 0 bridgehead atoms. The Kier molecular flexibility index (Phi) is 4.40. The van der Waals surface area contributed by atoms with Crippen molar-refractivity contribution in [1.29, 1.82) is 0 Å². The van der Waals surface area contributed by atoms with E-state index in [-0.39, 0.29) is 5.41 Å². The van der Waals surface area contributed by atoms with E-state index in [0.717, 1.165) is 11.2 Å². The molecule has 1 aliphatic carbocycles. The highest BCUT2D eigenvalue weighted by atomic mass is 16.3. The fourth-order valence-electron chi connectivity index (χ4n) is 4.79. The molecule has 0 saturated carbocycles. The lowest BCUT2D eigenvalue weighted by Crippen LogP contribution is -2.18. The molecule has 154 valence electrons. The van der Waals surface area contributed by atoms with Crippen LogP contribution in [0.3, 0.4) is 0 Å². The van der Waals surface area contributed by atoms with Gasteiger partial charge < -0.3 is 9.32 Å². The summed E-state index contributed by atoms with van der Waals surface area (Å²) in [6, 6.07) is 19.6. The van der Waals surface area contributed by atoms with Crippen molar-refractivity contribution < 1.29 is 4.42 Å². The van der Waals surface area contributed by atoms with Crippen LogP contribution in [0.25, 0.3) is 33.1 Å². The lowest BCUT2D eigenvalue weighted by atomic mass is 9.82. The fourth-order valence-corrected chi connectivity index (χ4v) is 4.79. The second kappa shape index (κ2) is 7.02. The molecule has 0 saturated heterocycles. The first-order chi connectivity index (χ1) is 14.9. The third-order valence-electron chi connectivity index (χ3n) is 6.67. The Bertz CT molecular complexity index is 1400. The van der Waals surface area contributed by atoms with Crippen molar-refractivity contribution in [2.45, 2.75) is 26.2 Å². The minimum absolute atomic E-state index is 0.0883. The molecule has 0 unspecified atom stereocenters. The van der Waals surface area contributed by atoms with Gasteiger partial charge >= 0.3 is 0 Å². The molecule has 4 aromatic rings. The lowest BCUT2D eigenvalue weighted by molar-refractivity contribution is 0.653. The van der Waals surface area contributed by atoms with Gasteiger partial charge in [-0.15, -0.1) is 0 Å². The number of nitrogens with zero attached hydrogens (tertiary/aromatic N) is 1. The number of hydrogen-bond donors (Lipinski definition) is 0. The van der Waals surface area contributed by atoms with Gasteiger partial charge in [0.2, 0.25) is 0 Å². The summed E-state index contributed by atoms with van der Waals surface area (Å²) in [5.41, 5.74) is 9.39. The number of allylic oxidation sites excluding steroid dienone is 5. The van der Waals surface area contributed by atoms with Crippen molar-refractivity contribution in [3.63, 3.8) is 0 Å². The molecule has 0 N–H and O–H groups in total. The molecule has 2 heteroatoms. The van der Waals surface area contributed by atoms with Gasteiger partial charge in [-0.25, -0.2) is 0 Å². The molecule has 0 aliphatic heterocycles. The Hall–Kier alpha value is -3.52. The van der Waals surface area contributed by atoms with Gasteiger partial charge in [-0.05, 0) is 47.9 Å². The van der Waals surface area contributed by atoms with Gasteiger partial charge in [0.15, 0.2) is 0 Å². The Morgan fingerprint density at radius 3 is 2.58 bits per heavy atom. The van der Waals surface area contributed by atoms with Crippen molar-refractivity contribution in [2.24, 2.45) is 0 Å². The molecular weight excluding hydrogens is 378 g/mol. The molecule has 1 heterocycles. The second-order valence-electron chi connectivity index (χ2n) is 8.81. The van der Waals surface area contributed by atoms with Crippen LogP contribution in [-0.2, 0) is 5.41 Å². The van der Waals surface area contributed by atoms with Crippen LogP contribution in [0, 0.1) is 0 Å². The molecule has 0 fully saturated rings. The maximum atomic E-state index is 6.38. The minimum atomic E-state index is -0.0883. The summed E-state index contributed by atoms with van der Waals surface area (Å²) in [6.45, 7) is 10.5. The van der Waals surface area contributed by atoms with Gasteiger partial charge in [0, 0.05) is 40.2 Å². The van der Waals surface area contributed by atoms with E-state index in [4.69, 9.17) is 4.42 Å². The Balaban J connectivity index is 1.68. The Morgan fingerprint density at radius 2 is 1.77 bits per heavy atom. The van der Waals surface area contributed by atoms with Gasteiger partial charge in [-0.2, -0.15) is 0 Å². The van der Waals surface area contributed by atoms with E-state index >= 15 is 0 Å². The first kappa shape index (κ1) is 19.4. The van der Waals surface area contributed by atoms with Crippen molar-refractivity contribution in [3.05, 3.63) is 102 Å². The molecule has 2 nitrogen and oxygen atoms in total. The average molecular weight is 406 g/mol. The van der Waals surface area contributed by atoms with E-state index in [1.165, 1.54) is 44.4 Å². The Morgan fingerprint density at radius 1 is 0.968 bits per heavy atom. The molecule has 0 amide bonds. The predicted molar refractivity (Wildman–Crippen MR) is 133 cm³/mol. The molecule has 1 aliphatic rings. The highest BCUT2D eigenvalue weighted by Crippen LogP contribution is 2.53. The van der Waals surface area contributed by atoms with Crippen LogP contribution in [-0.4, -0.2) is 7.05 Å². The maximum absolute atomic E-state index is 6.38. The zero-order valence-corrected chi connectivity index (χ0v) is 18.6. The lowest BCUT2D eigenvalue weighted by Gasteiger charge is -2.25. The van der Waals surface area contributed by atoms with Crippen LogP contribution >= 0.6 is 0 Å². The third-order valence-corrected chi connectivity index (χ3v) is 6.67. The smallest absolute Gasteiger partial charge is 0.143 e. The van der Waals surface area contributed by atoms with E-state index < -0.39 is 0 Å². The molecule has 0 atom stereocenters. The number of hydrogen-bond acceptors (Lipinski definition) is 2. The van der Waals surface area contributed by atoms with Crippen LogP contribution < -0.4 is 4.90 Å². The molecule has 31 heavy (non-hydrogen) atoms. The van der Waals surface area contributed by atoms with Gasteiger partial charge in [-0.3, -0.25) is 0 Å². The normalized spacial score (nSPS) is 14.9. The number of furan rings is 1. The largest absolute Gasteiger partial charge is 0.455 e. The minimum Gasteiger partial charge on any atom is -0.455 e. The van der Waals surface area contributed by atoms with E-state index in [1.807, 2.05) is 18.2 Å². The van der Waals surface area contributed by atoms with E-state index in [2.05, 4.69) is 93.9 Å². The van der Waals surface area contributed by atoms with Crippen LogP contribution in [0.5, 0.6) is 0 Å². The summed E-state index contributed by atoms with van der Waals surface area (Å²) in [6.07, 6.45) is 7.85. The van der Waals surface area contributed by atoms with Crippen molar-refractivity contribution in [2.75, 3.05) is 11.9 Å². The fraction of sp³-hybridized carbons (Fsp3) is 0.172. The quantitative estimate of drug-likeness (QED) is 0.320. The molecule has 3 aromatic carbocycles. The predicted octanol–water partition coefficient (Wildman–Crippen LogP) is 7.97. The number of benzene rings is 3. The van der Waals surface area contributed by atoms with Crippen LogP contribution in [0.4, 0.5) is 5.69 Å². The van der Waals surface area contributed by atoms with Gasteiger partial charge in [0.1, 0.15) is 11.2 Å². The standard InChI is InChI=1S/C29H27NO/c1-6-7-8-11-19(2)30(5)20-14-15-23-25(18-20)29(3,4)24-17-16-22-21-12-9-10-13-26(21)31-28(22)27(23)24/h6-18H,1H2,2-5H3/b8-7-,19-11+. The summed E-state index contributed by atoms with van der Waals surface area (Å²) in [7, 11) is 2.11. The van der Waals surface area contributed by atoms with Crippen LogP contribution in [0.1, 0.15) is 31.9 Å². The second-order valence-corrected chi connectivity index (χ2v) is 8.81. The highest BCUT2D eigenvalue weighted by Gasteiger charge is 2.38. The number of anilines is 1. The highest BCUT2D eigenvalue weighted by molar-refractivity contribution is 6.11. The van der Waals surface area contributed by atoms with Gasteiger partial charge in [0.05, 0.1) is 0 Å². The topological polar surface area (TPSA) is 16.4 Å². The summed E-state index contributed by atoms with van der Waals surface area (Å²) < 4.78 is 6.38. The first-order valence-corrected chi connectivity index (χ1v) is 10.7. The van der Waals surface area contributed by atoms with Crippen LogP contribution in [0.15, 0.2) is 95.6 Å². The molecular formula is C29H27NO. The zero-order valence-electron chi connectivity index (χ0n) is 18.6. The zero-order chi connectivity index (χ0) is 21.8. The van der Waals surface area contributed by atoms with Gasteiger partial charge in [-0.1, -0.05) is 75.1 Å². The van der Waals surface area contributed by atoms with Crippen LogP contribution in [0.2, 0.25) is 0 Å². The monoisotopic (exact) mass is 405 g/mol. The first-order valence-electron chi connectivity index (χ1n) is 10.7. The SMILES string of the molecule is C=C/C=C\C=C(/C)N(C)c1ccc2c(c1)C(C)(C)c1ccc3c(oc4ccccc43)c1-2. The summed E-state index contributed by atoms with van der Waals surface area (Å²) in [5.74, 6) is 0. The van der Waals surface area contributed by atoms with E-state index in [9.17, 15) is 0 Å². The Labute approximate surface area is 183 Å². The molecule has 0 spiro atoms. The number of fused-ring (bicyclic) bond motifs is 7. The van der Waals surface area contributed by atoms with Crippen molar-refractivity contribution in [1.82, 2.24) is 0 Å². The summed E-state index contributed by atoms with van der Waals surface area (Å²) >= 11 is 0. The van der Waals surface area contributed by atoms with E-state index in [0.29, 0.717) is 0 Å². The summed E-state index contributed by atoms with van der Waals surface area (Å²) in [4.78, 5) is 2.23. The third kappa shape index (κ3) is 2.86. The van der Waals surface area contributed by atoms with Gasteiger partial charge in [0.25, 0.3) is 0 Å². The van der Waals surface area contributed by atoms with E-state index in [1.54, 1.807) is 6.08 Å². The molecule has 5 rings (SSSR count). The number of para-hydroxylation sites is 1.